The molecule has 2 aliphatic heterocycles. The second-order valence-corrected chi connectivity index (χ2v) is 6.82. The Hall–Kier alpha value is 0.1000. The lowest BCUT2D eigenvalue weighted by Crippen LogP contribution is -2.31. The van der Waals surface area contributed by atoms with E-state index in [-0.39, 0.29) is 0 Å². The minimum Gasteiger partial charge on any atom is -0.312 e. The number of fused-ring (bicyclic) bond motifs is 2. The molecular formula is C12H17BrN2S. The third-order valence-electron chi connectivity index (χ3n) is 3.76. The minimum atomic E-state index is 0.799. The van der Waals surface area contributed by atoms with E-state index in [4.69, 9.17) is 0 Å². The van der Waals surface area contributed by atoms with E-state index in [1.807, 2.05) is 11.3 Å². The quantitative estimate of drug-likeness (QED) is 0.893. The summed E-state index contributed by atoms with van der Waals surface area (Å²) in [6.45, 7) is 2.19. The summed E-state index contributed by atoms with van der Waals surface area (Å²) in [6.07, 6.45) is 4.17. The molecule has 0 aromatic carbocycles. The Balaban J connectivity index is 1.44. The molecule has 2 nitrogen and oxygen atoms in total. The molecule has 88 valence electrons. The first-order valence-electron chi connectivity index (χ1n) is 6.01. The molecule has 0 radical (unpaired) electrons. The monoisotopic (exact) mass is 300 g/mol. The maximum Gasteiger partial charge on any atom is 0.0300 e. The van der Waals surface area contributed by atoms with Gasteiger partial charge in [-0.15, -0.1) is 11.3 Å². The number of nitrogens with one attached hydrogen (secondary N) is 2. The molecule has 2 aliphatic rings. The lowest BCUT2D eigenvalue weighted by atomic mass is 9.89. The molecule has 0 aliphatic carbocycles. The van der Waals surface area contributed by atoms with E-state index in [2.05, 4.69) is 38.0 Å². The van der Waals surface area contributed by atoms with Gasteiger partial charge >= 0.3 is 0 Å². The van der Waals surface area contributed by atoms with E-state index >= 15 is 0 Å². The molecule has 16 heavy (non-hydrogen) atoms. The Morgan fingerprint density at radius 1 is 1.50 bits per heavy atom. The second-order valence-electron chi connectivity index (χ2n) is 4.91. The van der Waals surface area contributed by atoms with Crippen LogP contribution in [0.15, 0.2) is 15.9 Å². The van der Waals surface area contributed by atoms with Crippen molar-refractivity contribution >= 4 is 27.3 Å². The van der Waals surface area contributed by atoms with Crippen LogP contribution in [0.1, 0.15) is 24.1 Å². The van der Waals surface area contributed by atoms with Gasteiger partial charge in [0.05, 0.1) is 0 Å². The number of rotatable bonds is 4. The van der Waals surface area contributed by atoms with Crippen molar-refractivity contribution in [3.63, 3.8) is 0 Å². The molecule has 2 saturated heterocycles. The average molecular weight is 301 g/mol. The molecule has 2 fully saturated rings. The van der Waals surface area contributed by atoms with Gasteiger partial charge in [0.2, 0.25) is 0 Å². The van der Waals surface area contributed by atoms with Crippen molar-refractivity contribution in [3.8, 4) is 0 Å². The van der Waals surface area contributed by atoms with Crippen LogP contribution in [-0.4, -0.2) is 18.6 Å². The highest BCUT2D eigenvalue weighted by molar-refractivity contribution is 9.10. The van der Waals surface area contributed by atoms with Crippen LogP contribution >= 0.6 is 27.3 Å². The van der Waals surface area contributed by atoms with Gasteiger partial charge in [-0.05, 0) is 53.7 Å². The van der Waals surface area contributed by atoms with Crippen molar-refractivity contribution in [2.75, 3.05) is 6.54 Å². The predicted octanol–water partition coefficient (Wildman–Crippen LogP) is 2.74. The van der Waals surface area contributed by atoms with Crippen LogP contribution in [0.5, 0.6) is 0 Å². The summed E-state index contributed by atoms with van der Waals surface area (Å²) in [5, 5.41) is 9.43. The zero-order chi connectivity index (χ0) is 11.0. The van der Waals surface area contributed by atoms with Gasteiger partial charge in [0.15, 0.2) is 0 Å². The van der Waals surface area contributed by atoms with Crippen LogP contribution < -0.4 is 10.6 Å². The summed E-state index contributed by atoms with van der Waals surface area (Å²) in [4.78, 5) is 1.42. The summed E-state index contributed by atoms with van der Waals surface area (Å²) in [6, 6.07) is 3.83. The molecular weight excluding hydrogens is 284 g/mol. The van der Waals surface area contributed by atoms with Gasteiger partial charge in [-0.25, -0.2) is 0 Å². The zero-order valence-corrected chi connectivity index (χ0v) is 11.6. The summed E-state index contributed by atoms with van der Waals surface area (Å²) in [5.74, 6) is 0.863. The number of thiophene rings is 1. The number of hydrogen-bond donors (Lipinski definition) is 2. The molecule has 4 heteroatoms. The SMILES string of the molecule is Brc1csc(CNCC2CC3CCC2N3)c1. The van der Waals surface area contributed by atoms with Crippen molar-refractivity contribution in [1.82, 2.24) is 10.6 Å². The fourth-order valence-corrected chi connectivity index (χ4v) is 4.41. The van der Waals surface area contributed by atoms with E-state index in [9.17, 15) is 0 Å². The van der Waals surface area contributed by atoms with Crippen LogP contribution in [0, 0.1) is 5.92 Å². The smallest absolute Gasteiger partial charge is 0.0300 e. The lowest BCUT2D eigenvalue weighted by Gasteiger charge is -2.20. The van der Waals surface area contributed by atoms with Gasteiger partial charge in [0.25, 0.3) is 0 Å². The fraction of sp³-hybridized carbons (Fsp3) is 0.667. The minimum absolute atomic E-state index is 0.799. The molecule has 3 heterocycles. The van der Waals surface area contributed by atoms with E-state index in [1.165, 1.54) is 35.2 Å². The molecule has 1 aromatic rings. The normalized spacial score (nSPS) is 32.4. The van der Waals surface area contributed by atoms with Gasteiger partial charge in [-0.3, -0.25) is 0 Å². The molecule has 2 bridgehead atoms. The van der Waals surface area contributed by atoms with Crippen LogP contribution in [0.2, 0.25) is 0 Å². The first-order valence-corrected chi connectivity index (χ1v) is 7.68. The first-order chi connectivity index (χ1) is 7.81. The second kappa shape index (κ2) is 4.77. The van der Waals surface area contributed by atoms with Gasteiger partial charge in [-0.1, -0.05) is 0 Å². The Morgan fingerprint density at radius 3 is 3.06 bits per heavy atom. The van der Waals surface area contributed by atoms with Crippen molar-refractivity contribution in [3.05, 3.63) is 20.8 Å². The Morgan fingerprint density at radius 2 is 2.44 bits per heavy atom. The Bertz CT molecular complexity index is 366. The van der Waals surface area contributed by atoms with Crippen molar-refractivity contribution in [2.45, 2.75) is 37.9 Å². The molecule has 1 aromatic heterocycles. The third kappa shape index (κ3) is 2.35. The van der Waals surface area contributed by atoms with E-state index in [0.29, 0.717) is 0 Å². The fourth-order valence-electron chi connectivity index (χ4n) is 2.99. The van der Waals surface area contributed by atoms with Crippen LogP contribution in [-0.2, 0) is 6.54 Å². The summed E-state index contributed by atoms with van der Waals surface area (Å²) < 4.78 is 1.20. The summed E-state index contributed by atoms with van der Waals surface area (Å²) in [5.41, 5.74) is 0. The van der Waals surface area contributed by atoms with E-state index in [0.717, 1.165) is 24.5 Å². The summed E-state index contributed by atoms with van der Waals surface area (Å²) in [7, 11) is 0. The standard InChI is InChI=1S/C12H17BrN2S/c13-9-4-11(16-7-9)6-14-5-8-3-10-1-2-12(8)15-10/h4,7-8,10,12,14-15H,1-3,5-6H2. The van der Waals surface area contributed by atoms with Crippen LogP contribution in [0.3, 0.4) is 0 Å². The molecule has 3 atom stereocenters. The highest BCUT2D eigenvalue weighted by Gasteiger charge is 2.38. The first kappa shape index (κ1) is 11.2. The van der Waals surface area contributed by atoms with Gasteiger partial charge in [-0.2, -0.15) is 0 Å². The predicted molar refractivity (Wildman–Crippen MR) is 71.8 cm³/mol. The highest BCUT2D eigenvalue weighted by atomic mass is 79.9. The van der Waals surface area contributed by atoms with Gasteiger partial charge in [0, 0.05) is 33.4 Å². The molecule has 3 rings (SSSR count). The van der Waals surface area contributed by atoms with Crippen molar-refractivity contribution in [1.29, 1.82) is 0 Å². The molecule has 0 spiro atoms. The zero-order valence-electron chi connectivity index (χ0n) is 9.21. The number of hydrogen-bond acceptors (Lipinski definition) is 3. The molecule has 0 amide bonds. The Kier molecular flexibility index (Phi) is 3.34. The molecule has 3 unspecified atom stereocenters. The Labute approximate surface area is 109 Å². The molecule has 2 N–H and O–H groups in total. The van der Waals surface area contributed by atoms with Crippen LogP contribution in [0.25, 0.3) is 0 Å². The topological polar surface area (TPSA) is 24.1 Å². The lowest BCUT2D eigenvalue weighted by molar-refractivity contribution is 0.383. The summed E-state index contributed by atoms with van der Waals surface area (Å²) >= 11 is 5.31. The van der Waals surface area contributed by atoms with E-state index in [1.54, 1.807) is 0 Å². The van der Waals surface area contributed by atoms with E-state index < -0.39 is 0 Å². The molecule has 0 saturated carbocycles. The maximum atomic E-state index is 3.69. The van der Waals surface area contributed by atoms with Crippen LogP contribution in [0.4, 0.5) is 0 Å². The largest absolute Gasteiger partial charge is 0.312 e. The van der Waals surface area contributed by atoms with Crippen molar-refractivity contribution in [2.24, 2.45) is 5.92 Å². The number of halogens is 1. The average Bonchev–Trinajstić information content (AvgIpc) is 2.94. The third-order valence-corrected chi connectivity index (χ3v) is 5.46. The van der Waals surface area contributed by atoms with Gasteiger partial charge in [0.1, 0.15) is 0 Å². The van der Waals surface area contributed by atoms with Crippen molar-refractivity contribution < 1.29 is 0 Å². The maximum absolute atomic E-state index is 3.69. The van der Waals surface area contributed by atoms with Gasteiger partial charge < -0.3 is 10.6 Å². The highest BCUT2D eigenvalue weighted by Crippen LogP contribution is 2.32.